The second kappa shape index (κ2) is 5.83. The first-order valence-electron chi connectivity index (χ1n) is 7.15. The van der Waals surface area contributed by atoms with Crippen molar-refractivity contribution in [3.05, 3.63) is 29.6 Å². The Morgan fingerprint density at radius 3 is 3.10 bits per heavy atom. The summed E-state index contributed by atoms with van der Waals surface area (Å²) in [5.41, 5.74) is 1.33. The molecule has 0 saturated carbocycles. The van der Waals surface area contributed by atoms with Gasteiger partial charge in [0.25, 0.3) is 5.89 Å². The highest BCUT2D eigenvalue weighted by Crippen LogP contribution is 2.31. The highest BCUT2D eigenvalue weighted by Gasteiger charge is 2.26. The third kappa shape index (κ3) is 2.77. The molecule has 1 N–H and O–H groups in total. The standard InChI is InChI=1S/C15H19N3O3/c1-3-18-7-8-20-12(9-18)14-16-15(21-17-14)11-6-4-5-10(2)13(11)19/h4-6,12,19H,3,7-9H2,1-2H3. The minimum absolute atomic E-state index is 0.174. The molecule has 0 bridgehead atoms. The molecule has 1 unspecified atom stereocenters. The molecular weight excluding hydrogens is 270 g/mol. The van der Waals surface area contributed by atoms with Crippen LogP contribution in [0.25, 0.3) is 11.5 Å². The zero-order valence-electron chi connectivity index (χ0n) is 12.2. The number of aromatic hydroxyl groups is 1. The fourth-order valence-corrected chi connectivity index (χ4v) is 2.45. The van der Waals surface area contributed by atoms with E-state index in [1.807, 2.05) is 19.1 Å². The summed E-state index contributed by atoms with van der Waals surface area (Å²) in [5.74, 6) is 1.03. The molecule has 1 aromatic carbocycles. The number of morpholine rings is 1. The van der Waals surface area contributed by atoms with E-state index in [1.54, 1.807) is 6.07 Å². The van der Waals surface area contributed by atoms with Crippen LogP contribution < -0.4 is 0 Å². The monoisotopic (exact) mass is 289 g/mol. The van der Waals surface area contributed by atoms with E-state index in [0.29, 0.717) is 23.9 Å². The Bertz CT molecular complexity index is 626. The molecule has 1 aliphatic heterocycles. The maximum absolute atomic E-state index is 10.1. The van der Waals surface area contributed by atoms with Crippen molar-refractivity contribution in [3.63, 3.8) is 0 Å². The lowest BCUT2D eigenvalue weighted by Crippen LogP contribution is -2.38. The van der Waals surface area contributed by atoms with Gasteiger partial charge in [0.15, 0.2) is 0 Å². The number of ether oxygens (including phenoxy) is 1. The van der Waals surface area contributed by atoms with Gasteiger partial charge < -0.3 is 14.4 Å². The normalized spacial score (nSPS) is 19.8. The van der Waals surface area contributed by atoms with E-state index in [2.05, 4.69) is 22.0 Å². The SMILES string of the molecule is CCN1CCOC(c2noc(-c3cccc(C)c3O)n2)C1. The summed E-state index contributed by atoms with van der Waals surface area (Å²) in [7, 11) is 0. The van der Waals surface area contributed by atoms with E-state index in [9.17, 15) is 5.11 Å². The molecule has 1 aliphatic rings. The van der Waals surface area contributed by atoms with E-state index in [4.69, 9.17) is 9.26 Å². The summed E-state index contributed by atoms with van der Waals surface area (Å²) in [6.45, 7) is 7.28. The van der Waals surface area contributed by atoms with Crippen molar-refractivity contribution in [3.8, 4) is 17.2 Å². The Labute approximate surface area is 123 Å². The number of phenols is 1. The smallest absolute Gasteiger partial charge is 0.261 e. The van der Waals surface area contributed by atoms with Crippen LogP contribution >= 0.6 is 0 Å². The number of nitrogens with zero attached hydrogens (tertiary/aromatic N) is 3. The van der Waals surface area contributed by atoms with Crippen molar-refractivity contribution < 1.29 is 14.4 Å². The Hall–Kier alpha value is -1.92. The molecule has 21 heavy (non-hydrogen) atoms. The van der Waals surface area contributed by atoms with Crippen molar-refractivity contribution in [2.75, 3.05) is 26.2 Å². The maximum Gasteiger partial charge on any atom is 0.261 e. The predicted molar refractivity (Wildman–Crippen MR) is 76.9 cm³/mol. The van der Waals surface area contributed by atoms with Gasteiger partial charge in [-0.2, -0.15) is 4.98 Å². The fourth-order valence-electron chi connectivity index (χ4n) is 2.45. The third-order valence-electron chi connectivity index (χ3n) is 3.80. The highest BCUT2D eigenvalue weighted by molar-refractivity contribution is 5.64. The van der Waals surface area contributed by atoms with Crippen LogP contribution in [-0.2, 0) is 4.74 Å². The predicted octanol–water partition coefficient (Wildman–Crippen LogP) is 2.14. The lowest BCUT2D eigenvalue weighted by molar-refractivity contribution is -0.0334. The zero-order valence-corrected chi connectivity index (χ0v) is 12.2. The first kappa shape index (κ1) is 14.0. The molecular formula is C15H19N3O3. The van der Waals surface area contributed by atoms with Crippen LogP contribution in [0.2, 0.25) is 0 Å². The minimum atomic E-state index is -0.178. The van der Waals surface area contributed by atoms with Gasteiger partial charge in [0.2, 0.25) is 5.82 Å². The number of benzene rings is 1. The van der Waals surface area contributed by atoms with Crippen LogP contribution in [0.1, 0.15) is 24.4 Å². The van der Waals surface area contributed by atoms with E-state index in [-0.39, 0.29) is 11.9 Å². The lowest BCUT2D eigenvalue weighted by atomic mass is 10.1. The number of hydrogen-bond acceptors (Lipinski definition) is 6. The number of rotatable bonds is 3. The number of aromatic nitrogens is 2. The second-order valence-electron chi connectivity index (χ2n) is 5.18. The number of hydrogen-bond donors (Lipinski definition) is 1. The molecule has 0 spiro atoms. The van der Waals surface area contributed by atoms with E-state index in [1.165, 1.54) is 0 Å². The van der Waals surface area contributed by atoms with Gasteiger partial charge in [0.05, 0.1) is 12.2 Å². The zero-order chi connectivity index (χ0) is 14.8. The quantitative estimate of drug-likeness (QED) is 0.933. The van der Waals surface area contributed by atoms with E-state index >= 15 is 0 Å². The van der Waals surface area contributed by atoms with Crippen LogP contribution in [-0.4, -0.2) is 46.4 Å². The number of para-hydroxylation sites is 1. The minimum Gasteiger partial charge on any atom is -0.507 e. The molecule has 1 fully saturated rings. The molecule has 0 aliphatic carbocycles. The molecule has 3 rings (SSSR count). The lowest BCUT2D eigenvalue weighted by Gasteiger charge is -2.30. The average Bonchev–Trinajstić information content (AvgIpc) is 3.00. The van der Waals surface area contributed by atoms with Crippen LogP contribution in [0, 0.1) is 6.92 Å². The van der Waals surface area contributed by atoms with Crippen LogP contribution in [0.3, 0.4) is 0 Å². The second-order valence-corrected chi connectivity index (χ2v) is 5.18. The van der Waals surface area contributed by atoms with Gasteiger partial charge in [-0.1, -0.05) is 24.2 Å². The van der Waals surface area contributed by atoms with Crippen LogP contribution in [0.4, 0.5) is 0 Å². The molecule has 6 heteroatoms. The Morgan fingerprint density at radius 1 is 1.43 bits per heavy atom. The van der Waals surface area contributed by atoms with Gasteiger partial charge in [-0.3, -0.25) is 4.90 Å². The first-order chi connectivity index (χ1) is 10.2. The van der Waals surface area contributed by atoms with Gasteiger partial charge in [-0.15, -0.1) is 0 Å². The Morgan fingerprint density at radius 2 is 2.29 bits per heavy atom. The van der Waals surface area contributed by atoms with Gasteiger partial charge in [0, 0.05) is 13.1 Å². The van der Waals surface area contributed by atoms with Gasteiger partial charge in [0.1, 0.15) is 11.9 Å². The molecule has 1 atom stereocenters. The van der Waals surface area contributed by atoms with Crippen molar-refractivity contribution in [1.82, 2.24) is 15.0 Å². The van der Waals surface area contributed by atoms with Crippen molar-refractivity contribution in [2.45, 2.75) is 20.0 Å². The molecule has 2 aromatic rings. The Balaban J connectivity index is 1.85. The molecule has 1 saturated heterocycles. The molecule has 112 valence electrons. The Kier molecular flexibility index (Phi) is 3.90. The number of aryl methyl sites for hydroxylation is 1. The topological polar surface area (TPSA) is 71.6 Å². The molecule has 1 aromatic heterocycles. The van der Waals surface area contributed by atoms with Gasteiger partial charge in [-0.05, 0) is 25.1 Å². The van der Waals surface area contributed by atoms with Crippen molar-refractivity contribution >= 4 is 0 Å². The summed E-state index contributed by atoms with van der Waals surface area (Å²) in [5, 5.41) is 14.1. The van der Waals surface area contributed by atoms with E-state index in [0.717, 1.165) is 25.2 Å². The van der Waals surface area contributed by atoms with Gasteiger partial charge >= 0.3 is 0 Å². The van der Waals surface area contributed by atoms with Crippen LogP contribution in [0.15, 0.2) is 22.7 Å². The number of likely N-dealkylation sites (N-methyl/N-ethyl adjacent to an activating group) is 1. The molecule has 2 heterocycles. The largest absolute Gasteiger partial charge is 0.507 e. The third-order valence-corrected chi connectivity index (χ3v) is 3.80. The maximum atomic E-state index is 10.1. The molecule has 0 radical (unpaired) electrons. The fraction of sp³-hybridized carbons (Fsp3) is 0.467. The number of phenolic OH excluding ortho intramolecular Hbond substituents is 1. The summed E-state index contributed by atoms with van der Waals surface area (Å²) < 4.78 is 11.0. The molecule has 6 nitrogen and oxygen atoms in total. The van der Waals surface area contributed by atoms with Gasteiger partial charge in [-0.25, -0.2) is 0 Å². The average molecular weight is 289 g/mol. The highest BCUT2D eigenvalue weighted by atomic mass is 16.5. The summed E-state index contributed by atoms with van der Waals surface area (Å²) in [6, 6.07) is 5.45. The first-order valence-corrected chi connectivity index (χ1v) is 7.15. The van der Waals surface area contributed by atoms with Crippen LogP contribution in [0.5, 0.6) is 5.75 Å². The van der Waals surface area contributed by atoms with Crippen molar-refractivity contribution in [1.29, 1.82) is 0 Å². The summed E-state index contributed by atoms with van der Waals surface area (Å²) >= 11 is 0. The van der Waals surface area contributed by atoms with E-state index < -0.39 is 0 Å². The summed E-state index contributed by atoms with van der Waals surface area (Å²) in [4.78, 5) is 6.67. The van der Waals surface area contributed by atoms with Crippen molar-refractivity contribution in [2.24, 2.45) is 0 Å². The summed E-state index contributed by atoms with van der Waals surface area (Å²) in [6.07, 6.45) is -0.178. The molecule has 0 amide bonds.